The van der Waals surface area contributed by atoms with Crippen LogP contribution in [-0.4, -0.2) is 19.9 Å². The second-order valence-corrected chi connectivity index (χ2v) is 9.40. The van der Waals surface area contributed by atoms with Crippen molar-refractivity contribution in [3.05, 3.63) is 132 Å². The Balaban J connectivity index is 1.44. The highest BCUT2D eigenvalue weighted by molar-refractivity contribution is 6.34. The fraction of sp³-hybridized carbons (Fsp3) is 0.0303. The summed E-state index contributed by atoms with van der Waals surface area (Å²) in [7, 11) is 0. The molecular formula is C33H23ClN4. The molecule has 0 aliphatic heterocycles. The molecule has 0 saturated heterocycles. The Labute approximate surface area is 226 Å². The molecule has 4 aromatic carbocycles. The second kappa shape index (κ2) is 10.4. The summed E-state index contributed by atoms with van der Waals surface area (Å²) >= 11 is 6.64. The van der Waals surface area contributed by atoms with Crippen molar-refractivity contribution in [2.75, 3.05) is 0 Å². The minimum atomic E-state index is 0.622. The molecule has 182 valence electrons. The van der Waals surface area contributed by atoms with Gasteiger partial charge in [-0.3, -0.25) is 4.98 Å². The molecule has 2 aromatic heterocycles. The molecule has 0 bridgehead atoms. The smallest absolute Gasteiger partial charge is 0.164 e. The van der Waals surface area contributed by atoms with Gasteiger partial charge in [0.15, 0.2) is 17.5 Å². The number of pyridine rings is 1. The van der Waals surface area contributed by atoms with Crippen LogP contribution in [0.1, 0.15) is 5.56 Å². The minimum Gasteiger partial charge on any atom is -0.256 e. The molecule has 0 spiro atoms. The lowest BCUT2D eigenvalue weighted by Gasteiger charge is -2.12. The summed E-state index contributed by atoms with van der Waals surface area (Å²) in [4.78, 5) is 19.0. The standard InChI is InChI=1S/C33H23ClN4/c1-22-13-15-25(16-14-22)32-36-31(24-8-3-2-4-9-24)37-33(38-32)26-19-17-23(18-20-26)27-10-7-11-28(34)30(27)29-12-5-6-21-35-29/h2-21H,1H3. The lowest BCUT2D eigenvalue weighted by atomic mass is 9.96. The number of aryl methyl sites for hydroxylation is 1. The Morgan fingerprint density at radius 3 is 1.66 bits per heavy atom. The third-order valence-corrected chi connectivity index (χ3v) is 6.68. The lowest BCUT2D eigenvalue weighted by molar-refractivity contribution is 1.07. The molecule has 6 rings (SSSR count). The fourth-order valence-electron chi connectivity index (χ4n) is 4.39. The first-order valence-electron chi connectivity index (χ1n) is 12.3. The zero-order valence-corrected chi connectivity index (χ0v) is 21.5. The number of aromatic nitrogens is 4. The van der Waals surface area contributed by atoms with E-state index in [0.29, 0.717) is 22.5 Å². The number of halogens is 1. The summed E-state index contributed by atoms with van der Waals surface area (Å²) in [5, 5.41) is 0.665. The van der Waals surface area contributed by atoms with E-state index in [0.717, 1.165) is 39.1 Å². The summed E-state index contributed by atoms with van der Waals surface area (Å²) < 4.78 is 0. The quantitative estimate of drug-likeness (QED) is 0.233. The second-order valence-electron chi connectivity index (χ2n) is 8.99. The van der Waals surface area contributed by atoms with E-state index in [1.165, 1.54) is 5.56 Å². The third kappa shape index (κ3) is 4.82. The number of nitrogens with zero attached hydrogens (tertiary/aromatic N) is 4. The highest BCUT2D eigenvalue weighted by Crippen LogP contribution is 2.37. The third-order valence-electron chi connectivity index (χ3n) is 6.37. The average Bonchev–Trinajstić information content (AvgIpc) is 2.98. The van der Waals surface area contributed by atoms with E-state index in [1.807, 2.05) is 84.9 Å². The normalized spacial score (nSPS) is 10.9. The zero-order chi connectivity index (χ0) is 25.9. The van der Waals surface area contributed by atoms with Gasteiger partial charge in [-0.1, -0.05) is 114 Å². The summed E-state index contributed by atoms with van der Waals surface area (Å²) in [6.07, 6.45) is 1.78. The maximum absolute atomic E-state index is 6.64. The molecule has 0 saturated carbocycles. The molecule has 0 radical (unpaired) electrons. The first kappa shape index (κ1) is 23.7. The Morgan fingerprint density at radius 1 is 0.500 bits per heavy atom. The predicted octanol–water partition coefficient (Wildman–Crippen LogP) is 8.56. The Bertz CT molecular complexity index is 1700. The van der Waals surface area contributed by atoms with Crippen LogP contribution in [0.25, 0.3) is 56.5 Å². The van der Waals surface area contributed by atoms with E-state index in [2.05, 4.69) is 42.2 Å². The van der Waals surface area contributed by atoms with Crippen LogP contribution in [0.5, 0.6) is 0 Å². The largest absolute Gasteiger partial charge is 0.256 e. The van der Waals surface area contributed by atoms with Crippen LogP contribution in [-0.2, 0) is 0 Å². The Kier molecular flexibility index (Phi) is 6.47. The van der Waals surface area contributed by atoms with E-state index < -0.39 is 0 Å². The van der Waals surface area contributed by atoms with E-state index in [4.69, 9.17) is 26.6 Å². The summed E-state index contributed by atoms with van der Waals surface area (Å²) in [5.41, 5.74) is 7.79. The van der Waals surface area contributed by atoms with Crippen molar-refractivity contribution < 1.29 is 0 Å². The van der Waals surface area contributed by atoms with Gasteiger partial charge in [0, 0.05) is 28.5 Å². The number of hydrogen-bond acceptors (Lipinski definition) is 4. The molecule has 38 heavy (non-hydrogen) atoms. The molecule has 0 unspecified atom stereocenters. The van der Waals surface area contributed by atoms with Gasteiger partial charge in [-0.05, 0) is 36.2 Å². The molecule has 0 aliphatic rings. The highest BCUT2D eigenvalue weighted by atomic mass is 35.5. The van der Waals surface area contributed by atoms with Crippen LogP contribution >= 0.6 is 11.6 Å². The molecule has 5 heteroatoms. The maximum Gasteiger partial charge on any atom is 0.164 e. The van der Waals surface area contributed by atoms with Crippen molar-refractivity contribution in [1.29, 1.82) is 0 Å². The SMILES string of the molecule is Cc1ccc(-c2nc(-c3ccccc3)nc(-c3ccc(-c4cccc(Cl)c4-c4ccccn4)cc3)n2)cc1. The number of benzene rings is 4. The monoisotopic (exact) mass is 510 g/mol. The van der Waals surface area contributed by atoms with Gasteiger partial charge in [0.2, 0.25) is 0 Å². The molecule has 0 atom stereocenters. The predicted molar refractivity (Wildman–Crippen MR) is 155 cm³/mol. The van der Waals surface area contributed by atoms with E-state index in [9.17, 15) is 0 Å². The number of rotatable bonds is 5. The van der Waals surface area contributed by atoms with Gasteiger partial charge in [-0.25, -0.2) is 15.0 Å². The highest BCUT2D eigenvalue weighted by Gasteiger charge is 2.15. The lowest BCUT2D eigenvalue weighted by Crippen LogP contribution is -2.00. The van der Waals surface area contributed by atoms with Crippen molar-refractivity contribution in [3.8, 4) is 56.5 Å². The molecule has 0 N–H and O–H groups in total. The van der Waals surface area contributed by atoms with Gasteiger partial charge in [-0.2, -0.15) is 0 Å². The van der Waals surface area contributed by atoms with Gasteiger partial charge in [-0.15, -0.1) is 0 Å². The van der Waals surface area contributed by atoms with Crippen LogP contribution in [0.15, 0.2) is 121 Å². The average molecular weight is 511 g/mol. The van der Waals surface area contributed by atoms with Gasteiger partial charge in [0.25, 0.3) is 0 Å². The summed E-state index contributed by atoms with van der Waals surface area (Å²) in [6.45, 7) is 2.07. The number of hydrogen-bond donors (Lipinski definition) is 0. The van der Waals surface area contributed by atoms with E-state index >= 15 is 0 Å². The minimum absolute atomic E-state index is 0.622. The van der Waals surface area contributed by atoms with Crippen LogP contribution < -0.4 is 0 Å². The summed E-state index contributed by atoms with van der Waals surface area (Å²) in [6, 6.07) is 38.2. The van der Waals surface area contributed by atoms with Crippen LogP contribution in [0, 0.1) is 6.92 Å². The Hall–Kier alpha value is -4.67. The molecule has 0 fully saturated rings. The van der Waals surface area contributed by atoms with Crippen molar-refractivity contribution in [2.45, 2.75) is 6.92 Å². The van der Waals surface area contributed by atoms with E-state index in [1.54, 1.807) is 6.20 Å². The first-order chi connectivity index (χ1) is 18.7. The van der Waals surface area contributed by atoms with Crippen molar-refractivity contribution in [1.82, 2.24) is 19.9 Å². The van der Waals surface area contributed by atoms with Crippen molar-refractivity contribution in [3.63, 3.8) is 0 Å². The molecule has 2 heterocycles. The molecule has 0 amide bonds. The molecule has 4 nitrogen and oxygen atoms in total. The van der Waals surface area contributed by atoms with Crippen molar-refractivity contribution in [2.24, 2.45) is 0 Å². The van der Waals surface area contributed by atoms with Gasteiger partial charge < -0.3 is 0 Å². The Morgan fingerprint density at radius 2 is 1.05 bits per heavy atom. The topological polar surface area (TPSA) is 51.6 Å². The van der Waals surface area contributed by atoms with Gasteiger partial charge >= 0.3 is 0 Å². The van der Waals surface area contributed by atoms with Gasteiger partial charge in [0.05, 0.1) is 10.7 Å². The maximum atomic E-state index is 6.64. The summed E-state index contributed by atoms with van der Waals surface area (Å²) in [5.74, 6) is 1.91. The van der Waals surface area contributed by atoms with Crippen molar-refractivity contribution >= 4 is 11.6 Å². The molecule has 6 aromatic rings. The van der Waals surface area contributed by atoms with Gasteiger partial charge in [0.1, 0.15) is 0 Å². The van der Waals surface area contributed by atoms with Crippen LogP contribution in [0.2, 0.25) is 5.02 Å². The van der Waals surface area contributed by atoms with Crippen LogP contribution in [0.3, 0.4) is 0 Å². The fourth-order valence-corrected chi connectivity index (χ4v) is 4.66. The molecule has 0 aliphatic carbocycles. The zero-order valence-electron chi connectivity index (χ0n) is 20.7. The molecular weight excluding hydrogens is 488 g/mol. The van der Waals surface area contributed by atoms with Crippen LogP contribution in [0.4, 0.5) is 0 Å². The first-order valence-corrected chi connectivity index (χ1v) is 12.7. The van der Waals surface area contributed by atoms with E-state index in [-0.39, 0.29) is 0 Å².